The fraction of sp³-hybridized carbons (Fsp3) is 0.625. The van der Waals surface area contributed by atoms with Gasteiger partial charge in [-0.25, -0.2) is 0 Å². The van der Waals surface area contributed by atoms with Crippen LogP contribution in [0, 0.1) is 0 Å². The van der Waals surface area contributed by atoms with E-state index in [4.69, 9.17) is 15.6 Å². The van der Waals surface area contributed by atoms with Gasteiger partial charge in [0.05, 0.1) is 6.61 Å². The zero-order valence-electron chi connectivity index (χ0n) is 12.0. The number of benzene rings is 1. The summed E-state index contributed by atoms with van der Waals surface area (Å²) in [5.74, 6) is 0.899. The highest BCUT2D eigenvalue weighted by Gasteiger charge is 2.04. The third-order valence-corrected chi connectivity index (χ3v) is 3.26. The number of hydrogen-bond donors (Lipinski definition) is 2. The van der Waals surface area contributed by atoms with Crippen molar-refractivity contribution in [2.24, 2.45) is 5.73 Å². The van der Waals surface area contributed by atoms with E-state index in [9.17, 15) is 0 Å². The van der Waals surface area contributed by atoms with E-state index in [0.717, 1.165) is 24.3 Å². The Morgan fingerprint density at radius 3 is 2.42 bits per heavy atom. The lowest BCUT2D eigenvalue weighted by Gasteiger charge is -2.11. The number of nitrogens with two attached hydrogens (primary N) is 1. The van der Waals surface area contributed by atoms with Crippen LogP contribution in [0.15, 0.2) is 24.3 Å². The fourth-order valence-electron chi connectivity index (χ4n) is 2.01. The molecule has 1 aromatic carbocycles. The van der Waals surface area contributed by atoms with Crippen LogP contribution in [0.25, 0.3) is 0 Å². The molecule has 0 saturated carbocycles. The lowest BCUT2D eigenvalue weighted by Crippen LogP contribution is -2.11. The number of unbranched alkanes of at least 4 members (excludes halogenated alkanes) is 4. The summed E-state index contributed by atoms with van der Waals surface area (Å²) in [6.45, 7) is 3.13. The first-order chi connectivity index (χ1) is 9.27. The summed E-state index contributed by atoms with van der Waals surface area (Å²) in [6, 6.07) is 7.78. The van der Waals surface area contributed by atoms with Gasteiger partial charge in [0.2, 0.25) is 0 Å². The van der Waals surface area contributed by atoms with Crippen LogP contribution in [0.4, 0.5) is 0 Å². The number of aliphatic hydroxyl groups excluding tert-OH is 1. The number of hydrogen-bond acceptors (Lipinski definition) is 3. The van der Waals surface area contributed by atoms with Gasteiger partial charge in [0, 0.05) is 12.6 Å². The van der Waals surface area contributed by atoms with Crippen molar-refractivity contribution in [1.29, 1.82) is 0 Å². The van der Waals surface area contributed by atoms with E-state index in [1.165, 1.54) is 25.7 Å². The smallest absolute Gasteiger partial charge is 0.119 e. The number of rotatable bonds is 10. The summed E-state index contributed by atoms with van der Waals surface area (Å²) < 4.78 is 5.69. The molecule has 0 aromatic heterocycles. The fourth-order valence-corrected chi connectivity index (χ4v) is 2.01. The highest BCUT2D eigenvalue weighted by atomic mass is 16.5. The minimum atomic E-state index is -0.0897. The van der Waals surface area contributed by atoms with E-state index in [1.54, 1.807) is 0 Å². The molecule has 3 heteroatoms. The van der Waals surface area contributed by atoms with Crippen molar-refractivity contribution in [3.8, 4) is 5.75 Å². The summed E-state index contributed by atoms with van der Waals surface area (Å²) in [4.78, 5) is 0. The minimum Gasteiger partial charge on any atom is -0.494 e. The molecule has 3 nitrogen and oxygen atoms in total. The second-order valence-corrected chi connectivity index (χ2v) is 4.95. The predicted molar refractivity (Wildman–Crippen MR) is 79.3 cm³/mol. The molecule has 0 amide bonds. The molecule has 0 aliphatic rings. The van der Waals surface area contributed by atoms with Crippen LogP contribution in [0.2, 0.25) is 0 Å². The topological polar surface area (TPSA) is 55.5 Å². The van der Waals surface area contributed by atoms with Gasteiger partial charge in [0.1, 0.15) is 5.75 Å². The zero-order chi connectivity index (χ0) is 13.9. The Hall–Kier alpha value is -1.06. The van der Waals surface area contributed by atoms with Gasteiger partial charge in [0.25, 0.3) is 0 Å². The molecule has 0 heterocycles. The van der Waals surface area contributed by atoms with Crippen molar-refractivity contribution in [2.45, 2.75) is 51.5 Å². The van der Waals surface area contributed by atoms with Crippen LogP contribution in [0.5, 0.6) is 5.75 Å². The zero-order valence-corrected chi connectivity index (χ0v) is 12.0. The van der Waals surface area contributed by atoms with Crippen molar-refractivity contribution in [2.75, 3.05) is 13.2 Å². The van der Waals surface area contributed by atoms with E-state index in [2.05, 4.69) is 6.92 Å². The summed E-state index contributed by atoms with van der Waals surface area (Å²) in [6.07, 6.45) is 6.85. The molecule has 0 aliphatic heterocycles. The molecule has 0 bridgehead atoms. The first kappa shape index (κ1) is 16.0. The van der Waals surface area contributed by atoms with Crippen LogP contribution in [-0.4, -0.2) is 18.3 Å². The van der Waals surface area contributed by atoms with Crippen LogP contribution in [0.1, 0.15) is 57.1 Å². The molecule has 3 N–H and O–H groups in total. The highest BCUT2D eigenvalue weighted by Crippen LogP contribution is 2.18. The third-order valence-electron chi connectivity index (χ3n) is 3.26. The molecule has 0 saturated heterocycles. The Balaban J connectivity index is 2.24. The van der Waals surface area contributed by atoms with Crippen LogP contribution >= 0.6 is 0 Å². The molecule has 1 aromatic rings. The van der Waals surface area contributed by atoms with E-state index in [1.807, 2.05) is 24.3 Å². The van der Waals surface area contributed by atoms with Crippen LogP contribution in [-0.2, 0) is 0 Å². The Labute approximate surface area is 116 Å². The van der Waals surface area contributed by atoms with Crippen molar-refractivity contribution < 1.29 is 9.84 Å². The van der Waals surface area contributed by atoms with E-state index in [0.29, 0.717) is 6.42 Å². The minimum absolute atomic E-state index is 0.0897. The molecule has 1 atom stereocenters. The molecular formula is C16H27NO2. The molecule has 19 heavy (non-hydrogen) atoms. The van der Waals surface area contributed by atoms with Crippen molar-refractivity contribution in [1.82, 2.24) is 0 Å². The molecule has 0 fully saturated rings. The molecule has 1 unspecified atom stereocenters. The lowest BCUT2D eigenvalue weighted by atomic mass is 10.1. The van der Waals surface area contributed by atoms with Crippen molar-refractivity contribution in [3.63, 3.8) is 0 Å². The molecule has 0 radical (unpaired) electrons. The summed E-state index contributed by atoms with van der Waals surface area (Å²) >= 11 is 0. The van der Waals surface area contributed by atoms with Gasteiger partial charge in [-0.3, -0.25) is 0 Å². The second kappa shape index (κ2) is 9.82. The van der Waals surface area contributed by atoms with Gasteiger partial charge >= 0.3 is 0 Å². The average Bonchev–Trinajstić information content (AvgIpc) is 2.43. The van der Waals surface area contributed by atoms with Gasteiger partial charge < -0.3 is 15.6 Å². The maximum absolute atomic E-state index is 8.85. The number of ether oxygens (including phenoxy) is 1. The maximum Gasteiger partial charge on any atom is 0.119 e. The van der Waals surface area contributed by atoms with E-state index < -0.39 is 0 Å². The van der Waals surface area contributed by atoms with Crippen LogP contribution in [0.3, 0.4) is 0 Å². The Morgan fingerprint density at radius 2 is 1.79 bits per heavy atom. The first-order valence-corrected chi connectivity index (χ1v) is 7.37. The Morgan fingerprint density at radius 1 is 1.11 bits per heavy atom. The monoisotopic (exact) mass is 265 g/mol. The SMILES string of the molecule is CCCCCCCOc1ccc(C(N)CCO)cc1. The van der Waals surface area contributed by atoms with Gasteiger partial charge in [-0.05, 0) is 30.5 Å². The lowest BCUT2D eigenvalue weighted by molar-refractivity contribution is 0.276. The largest absolute Gasteiger partial charge is 0.494 e. The summed E-state index contributed by atoms with van der Waals surface area (Å²) in [7, 11) is 0. The van der Waals surface area contributed by atoms with Crippen LogP contribution < -0.4 is 10.5 Å². The quantitative estimate of drug-likeness (QED) is 0.637. The number of aliphatic hydroxyl groups is 1. The Kier molecular flexibility index (Phi) is 8.26. The molecule has 0 spiro atoms. The average molecular weight is 265 g/mol. The molecule has 108 valence electrons. The normalized spacial score (nSPS) is 12.4. The first-order valence-electron chi connectivity index (χ1n) is 7.37. The van der Waals surface area contributed by atoms with E-state index >= 15 is 0 Å². The van der Waals surface area contributed by atoms with Crippen molar-refractivity contribution >= 4 is 0 Å². The standard InChI is InChI=1S/C16H27NO2/c1-2-3-4-5-6-13-19-15-9-7-14(8-10-15)16(17)11-12-18/h7-10,16,18H,2-6,11-13,17H2,1H3. The molecule has 1 rings (SSSR count). The van der Waals surface area contributed by atoms with Gasteiger partial charge in [-0.15, -0.1) is 0 Å². The van der Waals surface area contributed by atoms with Crippen molar-refractivity contribution in [3.05, 3.63) is 29.8 Å². The Bertz CT molecular complexity index is 324. The third kappa shape index (κ3) is 6.60. The summed E-state index contributed by atoms with van der Waals surface area (Å²) in [5, 5.41) is 8.85. The van der Waals surface area contributed by atoms with Gasteiger partial charge in [-0.2, -0.15) is 0 Å². The van der Waals surface area contributed by atoms with E-state index in [-0.39, 0.29) is 12.6 Å². The second-order valence-electron chi connectivity index (χ2n) is 4.95. The maximum atomic E-state index is 8.85. The van der Waals surface area contributed by atoms with Gasteiger partial charge in [-0.1, -0.05) is 44.7 Å². The molecular weight excluding hydrogens is 238 g/mol. The highest BCUT2D eigenvalue weighted by molar-refractivity contribution is 5.29. The summed E-state index contributed by atoms with van der Waals surface area (Å²) in [5.41, 5.74) is 6.97. The molecule has 0 aliphatic carbocycles. The predicted octanol–water partition coefficient (Wildman–Crippen LogP) is 3.42. The van der Waals surface area contributed by atoms with Gasteiger partial charge in [0.15, 0.2) is 0 Å².